The predicted molar refractivity (Wildman–Crippen MR) is 68.3 cm³/mol. The molecule has 1 aromatic rings. The van der Waals surface area contributed by atoms with Crippen LogP contribution in [0.1, 0.15) is 19.3 Å². The van der Waals surface area contributed by atoms with Gasteiger partial charge in [-0.3, -0.25) is 4.79 Å². The number of hydrogen-bond donors (Lipinski definition) is 1. The molecule has 2 fully saturated rings. The number of anilines is 1. The Labute approximate surface area is 110 Å². The molecule has 1 N–H and O–H groups in total. The third-order valence-corrected chi connectivity index (χ3v) is 3.73. The van der Waals surface area contributed by atoms with E-state index in [0.29, 0.717) is 12.6 Å². The van der Waals surface area contributed by atoms with Gasteiger partial charge in [0.25, 0.3) is 0 Å². The molecule has 1 aliphatic carbocycles. The van der Waals surface area contributed by atoms with E-state index in [0.717, 1.165) is 19.3 Å². The molecular weight excluding hydrogens is 255 g/mol. The molecular formula is C13H14ClFN2O. The van der Waals surface area contributed by atoms with E-state index in [-0.39, 0.29) is 22.7 Å². The quantitative estimate of drug-likeness (QED) is 0.913. The largest absolute Gasteiger partial charge is 0.308 e. The van der Waals surface area contributed by atoms with Gasteiger partial charge in [0.05, 0.1) is 16.8 Å². The van der Waals surface area contributed by atoms with Crippen LogP contribution in [0.3, 0.4) is 0 Å². The fraction of sp³-hybridized carbons (Fsp3) is 0.462. The fourth-order valence-corrected chi connectivity index (χ4v) is 2.48. The summed E-state index contributed by atoms with van der Waals surface area (Å²) in [5.41, 5.74) is 0.285. The summed E-state index contributed by atoms with van der Waals surface area (Å²) in [5, 5.41) is 3.34. The number of carbonyl (C=O) groups is 1. The van der Waals surface area contributed by atoms with Crippen molar-refractivity contribution in [3.63, 3.8) is 0 Å². The molecule has 0 bridgehead atoms. The molecule has 1 amide bonds. The number of hydrogen-bond acceptors (Lipinski definition) is 2. The Morgan fingerprint density at radius 2 is 2.11 bits per heavy atom. The van der Waals surface area contributed by atoms with Crippen LogP contribution in [0.2, 0.25) is 5.02 Å². The number of nitrogens with one attached hydrogen (secondary N) is 1. The van der Waals surface area contributed by atoms with Gasteiger partial charge in [-0.25, -0.2) is 4.39 Å². The maximum Gasteiger partial charge on any atom is 0.244 e. The Kier molecular flexibility index (Phi) is 2.99. The summed E-state index contributed by atoms with van der Waals surface area (Å²) in [4.78, 5) is 13.7. The Hall–Kier alpha value is -1.13. The summed E-state index contributed by atoms with van der Waals surface area (Å²) in [7, 11) is 0. The summed E-state index contributed by atoms with van der Waals surface area (Å²) in [6.07, 6.45) is 2.99. The first-order valence-electron chi connectivity index (χ1n) is 6.18. The molecule has 2 aliphatic rings. The lowest BCUT2D eigenvalue weighted by molar-refractivity contribution is -0.118. The van der Waals surface area contributed by atoms with Crippen molar-refractivity contribution in [3.8, 4) is 0 Å². The highest BCUT2D eigenvalue weighted by Crippen LogP contribution is 2.30. The summed E-state index contributed by atoms with van der Waals surface area (Å²) >= 11 is 5.74. The van der Waals surface area contributed by atoms with Crippen LogP contribution in [0, 0.1) is 5.82 Å². The normalized spacial score (nSPS) is 23.8. The molecule has 0 aromatic heterocycles. The van der Waals surface area contributed by atoms with Gasteiger partial charge in [-0.05, 0) is 31.4 Å². The van der Waals surface area contributed by atoms with E-state index >= 15 is 0 Å². The summed E-state index contributed by atoms with van der Waals surface area (Å²) in [6, 6.07) is 5.05. The SMILES string of the molecule is O=C1C(NC2CC2)CCN1c1cccc(Cl)c1F. The molecule has 1 atom stereocenters. The van der Waals surface area contributed by atoms with Gasteiger partial charge >= 0.3 is 0 Å². The zero-order chi connectivity index (χ0) is 12.7. The highest BCUT2D eigenvalue weighted by molar-refractivity contribution is 6.31. The number of rotatable bonds is 3. The lowest BCUT2D eigenvalue weighted by Crippen LogP contribution is -2.39. The molecule has 1 aromatic carbocycles. The van der Waals surface area contributed by atoms with Gasteiger partial charge in [0.1, 0.15) is 0 Å². The Bertz CT molecular complexity index is 490. The van der Waals surface area contributed by atoms with Gasteiger partial charge in [-0.2, -0.15) is 0 Å². The molecule has 0 radical (unpaired) electrons. The van der Waals surface area contributed by atoms with E-state index in [4.69, 9.17) is 11.6 Å². The second-order valence-electron chi connectivity index (χ2n) is 4.85. The van der Waals surface area contributed by atoms with Gasteiger partial charge in [0.15, 0.2) is 5.82 Å². The van der Waals surface area contributed by atoms with E-state index in [1.807, 2.05) is 0 Å². The van der Waals surface area contributed by atoms with Crippen LogP contribution in [0.15, 0.2) is 18.2 Å². The summed E-state index contributed by atoms with van der Waals surface area (Å²) in [5.74, 6) is -0.567. The van der Waals surface area contributed by atoms with Crippen molar-refractivity contribution in [2.24, 2.45) is 0 Å². The van der Waals surface area contributed by atoms with E-state index in [9.17, 15) is 9.18 Å². The molecule has 18 heavy (non-hydrogen) atoms. The van der Waals surface area contributed by atoms with Gasteiger partial charge in [-0.1, -0.05) is 17.7 Å². The monoisotopic (exact) mass is 268 g/mol. The number of nitrogens with zero attached hydrogens (tertiary/aromatic N) is 1. The molecule has 5 heteroatoms. The lowest BCUT2D eigenvalue weighted by Gasteiger charge is -2.18. The first kappa shape index (κ1) is 11.9. The number of benzene rings is 1. The van der Waals surface area contributed by atoms with Crippen molar-refractivity contribution in [2.45, 2.75) is 31.3 Å². The summed E-state index contributed by atoms with van der Waals surface area (Å²) in [6.45, 7) is 0.542. The van der Waals surface area contributed by atoms with Crippen LogP contribution in [0.5, 0.6) is 0 Å². The molecule has 1 unspecified atom stereocenters. The van der Waals surface area contributed by atoms with Crippen LogP contribution in [0.25, 0.3) is 0 Å². The minimum Gasteiger partial charge on any atom is -0.308 e. The third-order valence-electron chi connectivity index (χ3n) is 3.44. The van der Waals surface area contributed by atoms with E-state index in [1.54, 1.807) is 12.1 Å². The molecule has 1 heterocycles. The van der Waals surface area contributed by atoms with Gasteiger partial charge in [0, 0.05) is 12.6 Å². The minimum absolute atomic E-state index is 0.0527. The van der Waals surface area contributed by atoms with E-state index < -0.39 is 5.82 Å². The average Bonchev–Trinajstić information content (AvgIpc) is 3.09. The van der Waals surface area contributed by atoms with Gasteiger partial charge in [0.2, 0.25) is 5.91 Å². The van der Waals surface area contributed by atoms with Crippen LogP contribution < -0.4 is 10.2 Å². The van der Waals surface area contributed by atoms with E-state index in [1.165, 1.54) is 11.0 Å². The second-order valence-corrected chi connectivity index (χ2v) is 5.25. The smallest absolute Gasteiger partial charge is 0.244 e. The Morgan fingerprint density at radius 1 is 1.33 bits per heavy atom. The predicted octanol–water partition coefficient (Wildman–Crippen LogP) is 2.34. The zero-order valence-electron chi connectivity index (χ0n) is 9.83. The van der Waals surface area contributed by atoms with Gasteiger partial charge < -0.3 is 10.2 Å². The molecule has 1 aliphatic heterocycles. The number of carbonyl (C=O) groups excluding carboxylic acids is 1. The average molecular weight is 269 g/mol. The fourth-order valence-electron chi connectivity index (χ4n) is 2.31. The highest BCUT2D eigenvalue weighted by atomic mass is 35.5. The van der Waals surface area contributed by atoms with Crippen molar-refractivity contribution < 1.29 is 9.18 Å². The molecule has 96 valence electrons. The van der Waals surface area contributed by atoms with Crippen LogP contribution >= 0.6 is 11.6 Å². The van der Waals surface area contributed by atoms with E-state index in [2.05, 4.69) is 5.32 Å². The second kappa shape index (κ2) is 4.52. The van der Waals surface area contributed by atoms with Gasteiger partial charge in [-0.15, -0.1) is 0 Å². The standard InChI is InChI=1S/C13H14ClFN2O/c14-9-2-1-3-11(12(9)15)17-7-6-10(13(17)18)16-8-4-5-8/h1-3,8,10,16H,4-7H2. The van der Waals surface area contributed by atoms with Crippen molar-refractivity contribution in [3.05, 3.63) is 29.0 Å². The number of halogens is 2. The molecule has 3 nitrogen and oxygen atoms in total. The Morgan fingerprint density at radius 3 is 2.83 bits per heavy atom. The first-order valence-corrected chi connectivity index (χ1v) is 6.56. The molecule has 0 spiro atoms. The van der Waals surface area contributed by atoms with Crippen molar-refractivity contribution in [1.82, 2.24) is 5.32 Å². The lowest BCUT2D eigenvalue weighted by atomic mass is 10.2. The Balaban J connectivity index is 1.80. The van der Waals surface area contributed by atoms with Crippen LogP contribution in [-0.4, -0.2) is 24.5 Å². The molecule has 3 rings (SSSR count). The van der Waals surface area contributed by atoms with Crippen LogP contribution in [0.4, 0.5) is 10.1 Å². The third kappa shape index (κ3) is 2.10. The maximum atomic E-state index is 13.9. The van der Waals surface area contributed by atoms with Crippen molar-refractivity contribution >= 4 is 23.2 Å². The topological polar surface area (TPSA) is 32.3 Å². The molecule has 1 saturated heterocycles. The van der Waals surface area contributed by atoms with Crippen molar-refractivity contribution in [1.29, 1.82) is 0 Å². The minimum atomic E-state index is -0.514. The maximum absolute atomic E-state index is 13.9. The molecule has 1 saturated carbocycles. The first-order chi connectivity index (χ1) is 8.66. The van der Waals surface area contributed by atoms with Crippen molar-refractivity contribution in [2.75, 3.05) is 11.4 Å². The zero-order valence-corrected chi connectivity index (χ0v) is 10.6. The summed E-state index contributed by atoms with van der Waals surface area (Å²) < 4.78 is 13.9. The van der Waals surface area contributed by atoms with Crippen LogP contribution in [-0.2, 0) is 4.79 Å². The highest BCUT2D eigenvalue weighted by Gasteiger charge is 2.37. The number of amides is 1.